The van der Waals surface area contributed by atoms with Crippen LogP contribution in [-0.2, 0) is 15.1 Å². The molecule has 0 saturated carbocycles. The molecule has 0 radical (unpaired) electrons. The summed E-state index contributed by atoms with van der Waals surface area (Å²) >= 11 is 4.71. The fourth-order valence-corrected chi connectivity index (χ4v) is 8.50. The van der Waals surface area contributed by atoms with E-state index in [4.69, 9.17) is 69.2 Å². The molecule has 0 heterocycles. The fourth-order valence-electron chi connectivity index (χ4n) is 4.84. The van der Waals surface area contributed by atoms with Gasteiger partial charge in [-0.3, -0.25) is 0 Å². The fraction of sp³-hybridized carbons (Fsp3) is 0.0588. The third-order valence-corrected chi connectivity index (χ3v) is 11.4. The van der Waals surface area contributed by atoms with Gasteiger partial charge >= 0.3 is 34.5 Å². The summed E-state index contributed by atoms with van der Waals surface area (Å²) in [6.07, 6.45) is 20.9. The van der Waals surface area contributed by atoms with E-state index in [1.54, 1.807) is 0 Å². The average molecular weight is 939 g/mol. The van der Waals surface area contributed by atoms with E-state index in [0.29, 0.717) is 0 Å². The summed E-state index contributed by atoms with van der Waals surface area (Å²) in [4.78, 5) is 0. The Morgan fingerprint density at radius 3 is 1.00 bits per heavy atom. The SMILES string of the molecule is C#CC#CC#C[PH+](C#CC#CC#C)c1ccccc1C(S)c1ccccc1[PH+](C#CC#CC#C)C#CC#CC#C.NC(c1ccccc1)C(N)c1ccccc1.[Cl][Ru+2][Cl]. The topological polar surface area (TPSA) is 52.0 Å². The second-order valence-corrected chi connectivity index (χ2v) is 17.6. The van der Waals surface area contributed by atoms with Crippen LogP contribution in [-0.4, -0.2) is 0 Å². The Hall–Kier alpha value is -6.07. The third-order valence-electron chi connectivity index (χ3n) is 7.34. The molecule has 0 aliphatic heterocycles. The monoisotopic (exact) mass is 938 g/mol. The number of thiol groups is 1. The molecule has 0 saturated heterocycles. The summed E-state index contributed by atoms with van der Waals surface area (Å²) in [6, 6.07) is 35.3. The zero-order valence-corrected chi connectivity index (χ0v) is 37.3. The van der Waals surface area contributed by atoms with Gasteiger partial charge in [0.2, 0.25) is 0 Å². The van der Waals surface area contributed by atoms with Crippen molar-refractivity contribution in [2.45, 2.75) is 17.3 Å². The van der Waals surface area contributed by atoms with Crippen LogP contribution in [0.25, 0.3) is 0 Å². The Labute approximate surface area is 374 Å². The van der Waals surface area contributed by atoms with Crippen molar-refractivity contribution >= 4 is 58.5 Å². The number of terminal acetylenes is 4. The number of benzene rings is 4. The molecule has 2 atom stereocenters. The second-order valence-electron chi connectivity index (χ2n) is 10.8. The Bertz CT molecular complexity index is 2450. The van der Waals surface area contributed by atoms with E-state index in [0.717, 1.165) is 32.9 Å². The zero-order chi connectivity index (χ0) is 42.9. The number of rotatable bonds is 7. The molecule has 2 unspecified atom stereocenters. The predicted molar refractivity (Wildman–Crippen MR) is 256 cm³/mol. The summed E-state index contributed by atoms with van der Waals surface area (Å²) in [5.74, 6) is 40.9. The van der Waals surface area contributed by atoms with Crippen molar-refractivity contribution < 1.29 is 15.1 Å². The van der Waals surface area contributed by atoms with E-state index in [1.807, 2.05) is 109 Å². The Morgan fingerprint density at radius 2 is 0.712 bits per heavy atom. The van der Waals surface area contributed by atoms with Crippen LogP contribution in [0, 0.1) is 143 Å². The molecule has 4 aromatic carbocycles. The molecule has 4 rings (SSSR count). The quantitative estimate of drug-likeness (QED) is 0.0778. The van der Waals surface area contributed by atoms with Crippen molar-refractivity contribution in [2.24, 2.45) is 11.5 Å². The molecule has 59 heavy (non-hydrogen) atoms. The van der Waals surface area contributed by atoms with Gasteiger partial charge in [0.25, 0.3) is 0 Å². The number of hydrogen-bond acceptors (Lipinski definition) is 3. The van der Waals surface area contributed by atoms with Gasteiger partial charge in [-0.15, -0.1) is 25.7 Å². The van der Waals surface area contributed by atoms with E-state index in [-0.39, 0.29) is 32.5 Å². The number of nitrogens with two attached hydrogens (primary N) is 2. The van der Waals surface area contributed by atoms with Crippen LogP contribution < -0.4 is 22.1 Å². The number of halogens is 2. The average Bonchev–Trinajstić information content (AvgIpc) is 3.28. The predicted octanol–water partition coefficient (Wildman–Crippen LogP) is 7.54. The molecule has 280 valence electrons. The van der Waals surface area contributed by atoms with Gasteiger partial charge in [0, 0.05) is 70.6 Å². The Morgan fingerprint density at radius 1 is 0.441 bits per heavy atom. The molecule has 8 heteroatoms. The zero-order valence-electron chi connectivity index (χ0n) is 31.1. The normalized spacial score (nSPS) is 9.36. The van der Waals surface area contributed by atoms with Gasteiger partial charge in [-0.1, -0.05) is 97.1 Å². The Balaban J connectivity index is 0.000000518. The van der Waals surface area contributed by atoms with Crippen molar-refractivity contribution in [2.75, 3.05) is 0 Å². The first-order valence-corrected chi connectivity index (χ1v) is 24.8. The second kappa shape index (κ2) is 31.0. The molecule has 0 aliphatic rings. The maximum absolute atomic E-state index is 6.15. The van der Waals surface area contributed by atoms with Gasteiger partial charge in [0.1, 0.15) is 33.3 Å². The molecule has 2 nitrogen and oxygen atoms in total. The van der Waals surface area contributed by atoms with Gasteiger partial charge < -0.3 is 11.5 Å². The van der Waals surface area contributed by atoms with Gasteiger partial charge in [-0.05, 0) is 70.6 Å². The summed E-state index contributed by atoms with van der Waals surface area (Å²) in [6.45, 7) is 0. The van der Waals surface area contributed by atoms with E-state index >= 15 is 0 Å². The number of hydrogen-bond donors (Lipinski definition) is 3. The van der Waals surface area contributed by atoms with Crippen molar-refractivity contribution in [3.63, 3.8) is 0 Å². The van der Waals surface area contributed by atoms with Crippen LogP contribution in [0.15, 0.2) is 109 Å². The summed E-state index contributed by atoms with van der Waals surface area (Å²) in [5, 5.41) is 1.54. The van der Waals surface area contributed by atoms with E-state index in [1.165, 1.54) is 0 Å². The third kappa shape index (κ3) is 18.4. The summed E-state index contributed by atoms with van der Waals surface area (Å²) in [5.41, 5.74) is 29.0. The summed E-state index contributed by atoms with van der Waals surface area (Å²) < 4.78 is 0. The first-order valence-electron chi connectivity index (χ1n) is 16.8. The van der Waals surface area contributed by atoms with Gasteiger partial charge in [0.15, 0.2) is 15.8 Å². The minimum absolute atomic E-state index is 0.163. The first-order chi connectivity index (χ1) is 28.9. The molecular formula is C51H32Cl2N2P2RuS+4. The van der Waals surface area contributed by atoms with E-state index in [9.17, 15) is 0 Å². The molecule has 4 aromatic rings. The first kappa shape index (κ1) is 49.1. The van der Waals surface area contributed by atoms with Crippen molar-refractivity contribution in [1.29, 1.82) is 0 Å². The van der Waals surface area contributed by atoms with Crippen LogP contribution in [0.1, 0.15) is 39.6 Å². The molecule has 0 aliphatic carbocycles. The molecule has 0 bridgehead atoms. The molecule has 0 fully saturated rings. The molecule has 4 N–H and O–H groups in total. The Kier molecular flexibility index (Phi) is 25.8. The molecule has 0 amide bonds. The van der Waals surface area contributed by atoms with Crippen molar-refractivity contribution in [1.82, 2.24) is 0 Å². The van der Waals surface area contributed by atoms with Crippen LogP contribution in [0.5, 0.6) is 0 Å². The molecule has 0 aromatic heterocycles. The van der Waals surface area contributed by atoms with Crippen molar-refractivity contribution in [3.05, 3.63) is 131 Å². The van der Waals surface area contributed by atoms with Gasteiger partial charge in [0.05, 0.1) is 5.25 Å². The molecular weight excluding hydrogens is 907 g/mol. The van der Waals surface area contributed by atoms with Crippen LogP contribution in [0.2, 0.25) is 0 Å². The molecule has 0 spiro atoms. The van der Waals surface area contributed by atoms with E-state index < -0.39 is 15.8 Å². The van der Waals surface area contributed by atoms with E-state index in [2.05, 4.69) is 117 Å². The van der Waals surface area contributed by atoms with Crippen LogP contribution in [0.3, 0.4) is 0 Å². The van der Waals surface area contributed by atoms with Gasteiger partial charge in [-0.25, -0.2) is 0 Å². The van der Waals surface area contributed by atoms with Crippen LogP contribution in [0.4, 0.5) is 0 Å². The minimum atomic E-state index is -1.77. The summed E-state index contributed by atoms with van der Waals surface area (Å²) in [7, 11) is 6.16. The standard InChI is InChI=1S/C37H14P2S.C14H16N2.2ClH.Ru/c1-5-9-13-21-29-38(30-22-14-10-6-2)35-27-19-17-25-33(35)37(40)34-26-18-20-28-36(34)39(31-23-15-11-7-3)32-24-16-12-8-4;15-13(11-7-3-1-4-8-11)14(16)12-9-5-2-6-10-12;;;/h1-4,17-20,25-28,37,40H;1-10,13-14H,15-16H2;2*1H;/q;;;;+4. The van der Waals surface area contributed by atoms with Crippen LogP contribution >= 0.6 is 47.9 Å². The van der Waals surface area contributed by atoms with Crippen molar-refractivity contribution in [3.8, 4) is 143 Å². The van der Waals surface area contributed by atoms with Gasteiger partial charge in [-0.2, -0.15) is 12.6 Å². The maximum atomic E-state index is 6.15.